The first-order valence-corrected chi connectivity index (χ1v) is 8.03. The number of carbonyl (C=O) groups excluding carboxylic acids is 1. The molecule has 0 heterocycles. The number of nitrogens with one attached hydrogen (secondary N) is 2. The third kappa shape index (κ3) is 4.52. The molecule has 1 saturated carbocycles. The molecule has 0 aromatic heterocycles. The van der Waals surface area contributed by atoms with Gasteiger partial charge in [-0.1, -0.05) is 30.9 Å². The van der Waals surface area contributed by atoms with Crippen LogP contribution in [0.4, 0.5) is 10.5 Å². The van der Waals surface area contributed by atoms with E-state index in [4.69, 9.17) is 16.3 Å². The Balaban J connectivity index is 1.99. The van der Waals surface area contributed by atoms with Crippen molar-refractivity contribution >= 4 is 23.3 Å². The maximum atomic E-state index is 12.2. The minimum Gasteiger partial charge on any atom is -0.497 e. The van der Waals surface area contributed by atoms with E-state index in [1.807, 2.05) is 0 Å². The number of hydrogen-bond acceptors (Lipinski definition) is 3. The first kappa shape index (κ1) is 16.9. The highest BCUT2D eigenvalue weighted by Crippen LogP contribution is 2.27. The van der Waals surface area contributed by atoms with Gasteiger partial charge in [0.05, 0.1) is 17.8 Å². The van der Waals surface area contributed by atoms with Crippen molar-refractivity contribution < 1.29 is 14.6 Å². The lowest BCUT2D eigenvalue weighted by atomic mass is 9.96. The minimum absolute atomic E-state index is 0.00289. The average Bonchev–Trinajstić information content (AvgIpc) is 2.74. The summed E-state index contributed by atoms with van der Waals surface area (Å²) in [6.07, 6.45) is 5.16. The number of urea groups is 1. The monoisotopic (exact) mass is 326 g/mol. The Bertz CT molecular complexity index is 510. The van der Waals surface area contributed by atoms with E-state index in [1.165, 1.54) is 0 Å². The molecule has 1 fully saturated rings. The molecule has 122 valence electrons. The van der Waals surface area contributed by atoms with E-state index in [0.29, 0.717) is 16.5 Å². The smallest absolute Gasteiger partial charge is 0.319 e. The predicted molar refractivity (Wildman–Crippen MR) is 87.6 cm³/mol. The van der Waals surface area contributed by atoms with Crippen LogP contribution in [0, 0.1) is 5.92 Å². The summed E-state index contributed by atoms with van der Waals surface area (Å²) in [6.45, 7) is 0.102. The molecule has 1 aliphatic rings. The van der Waals surface area contributed by atoms with Crippen LogP contribution in [0.1, 0.15) is 32.1 Å². The zero-order valence-corrected chi connectivity index (χ0v) is 13.5. The summed E-state index contributed by atoms with van der Waals surface area (Å²) < 4.78 is 5.13. The molecule has 2 amide bonds. The van der Waals surface area contributed by atoms with Gasteiger partial charge >= 0.3 is 6.03 Å². The predicted octanol–water partition coefficient (Wildman–Crippen LogP) is 3.41. The summed E-state index contributed by atoms with van der Waals surface area (Å²) in [5, 5.41) is 15.7. The van der Waals surface area contributed by atoms with Crippen LogP contribution in [-0.4, -0.2) is 30.9 Å². The second-order valence-corrected chi connectivity index (χ2v) is 6.04. The van der Waals surface area contributed by atoms with Gasteiger partial charge in [-0.3, -0.25) is 0 Å². The Hall–Kier alpha value is -1.46. The number of benzene rings is 1. The number of methoxy groups -OCH3 is 1. The van der Waals surface area contributed by atoms with Gasteiger partial charge in [0.15, 0.2) is 0 Å². The summed E-state index contributed by atoms with van der Waals surface area (Å²) in [5.74, 6) is 0.747. The highest BCUT2D eigenvalue weighted by molar-refractivity contribution is 6.33. The summed E-state index contributed by atoms with van der Waals surface area (Å²) in [4.78, 5) is 12.2. The van der Waals surface area contributed by atoms with Crippen LogP contribution < -0.4 is 15.4 Å². The second kappa shape index (κ2) is 8.25. The van der Waals surface area contributed by atoms with Gasteiger partial charge in [-0.2, -0.15) is 0 Å². The van der Waals surface area contributed by atoms with E-state index < -0.39 is 0 Å². The van der Waals surface area contributed by atoms with Crippen LogP contribution in [0.25, 0.3) is 0 Å². The van der Waals surface area contributed by atoms with Crippen LogP contribution in [0.5, 0.6) is 5.75 Å². The first-order chi connectivity index (χ1) is 10.6. The Morgan fingerprint density at radius 2 is 2.14 bits per heavy atom. The molecule has 3 N–H and O–H groups in total. The summed E-state index contributed by atoms with van der Waals surface area (Å²) in [5.41, 5.74) is 0.507. The highest BCUT2D eigenvalue weighted by Gasteiger charge is 2.24. The second-order valence-electron chi connectivity index (χ2n) is 5.63. The molecule has 2 rings (SSSR count). The molecule has 2 unspecified atom stereocenters. The van der Waals surface area contributed by atoms with Gasteiger partial charge < -0.3 is 20.5 Å². The number of carbonyl (C=O) groups is 1. The Labute approximate surface area is 136 Å². The molecule has 1 aromatic rings. The number of anilines is 1. The SMILES string of the molecule is COc1ccc(Cl)c(NC(=O)NC2CCCCCC2CO)c1. The van der Waals surface area contributed by atoms with Crippen molar-refractivity contribution in [2.24, 2.45) is 5.92 Å². The summed E-state index contributed by atoms with van der Waals surface area (Å²) in [6, 6.07) is 4.78. The molecule has 1 aromatic carbocycles. The lowest BCUT2D eigenvalue weighted by Crippen LogP contribution is -2.43. The molecule has 5 nitrogen and oxygen atoms in total. The van der Waals surface area contributed by atoms with Gasteiger partial charge in [-0.05, 0) is 25.0 Å². The van der Waals surface area contributed by atoms with Crippen molar-refractivity contribution in [1.29, 1.82) is 0 Å². The van der Waals surface area contributed by atoms with Crippen molar-refractivity contribution in [3.05, 3.63) is 23.2 Å². The normalized spacial score (nSPS) is 21.8. The largest absolute Gasteiger partial charge is 0.497 e. The van der Waals surface area contributed by atoms with Gasteiger partial charge in [-0.15, -0.1) is 0 Å². The number of ether oxygens (including phenoxy) is 1. The third-order valence-corrected chi connectivity index (χ3v) is 4.46. The number of halogens is 1. The van der Waals surface area contributed by atoms with E-state index in [0.717, 1.165) is 32.1 Å². The molecule has 0 aliphatic heterocycles. The van der Waals surface area contributed by atoms with Gasteiger partial charge in [-0.25, -0.2) is 4.79 Å². The molecule has 0 saturated heterocycles. The van der Waals surface area contributed by atoms with Crippen LogP contribution >= 0.6 is 11.6 Å². The third-order valence-electron chi connectivity index (χ3n) is 4.13. The van der Waals surface area contributed by atoms with Crippen LogP contribution in [0.15, 0.2) is 18.2 Å². The summed E-state index contributed by atoms with van der Waals surface area (Å²) in [7, 11) is 1.56. The van der Waals surface area contributed by atoms with Crippen molar-refractivity contribution in [3.8, 4) is 5.75 Å². The number of rotatable bonds is 4. The van der Waals surface area contributed by atoms with Gasteiger partial charge in [0.1, 0.15) is 5.75 Å². The van der Waals surface area contributed by atoms with Crippen LogP contribution in [0.3, 0.4) is 0 Å². The zero-order valence-electron chi connectivity index (χ0n) is 12.8. The number of hydrogen-bond donors (Lipinski definition) is 3. The fourth-order valence-electron chi connectivity index (χ4n) is 2.85. The molecular weight excluding hydrogens is 304 g/mol. The molecule has 0 bridgehead atoms. The van der Waals surface area contributed by atoms with Crippen molar-refractivity contribution in [3.63, 3.8) is 0 Å². The van der Waals surface area contributed by atoms with E-state index in [9.17, 15) is 9.90 Å². The number of aliphatic hydroxyl groups excluding tert-OH is 1. The fraction of sp³-hybridized carbons (Fsp3) is 0.562. The highest BCUT2D eigenvalue weighted by atomic mass is 35.5. The molecule has 2 atom stereocenters. The zero-order chi connectivity index (χ0) is 15.9. The van der Waals surface area contributed by atoms with E-state index in [2.05, 4.69) is 10.6 Å². The van der Waals surface area contributed by atoms with Gasteiger partial charge in [0.25, 0.3) is 0 Å². The van der Waals surface area contributed by atoms with Crippen LogP contribution in [0.2, 0.25) is 5.02 Å². The Morgan fingerprint density at radius 3 is 2.86 bits per heavy atom. The average molecular weight is 327 g/mol. The Morgan fingerprint density at radius 1 is 1.36 bits per heavy atom. The van der Waals surface area contributed by atoms with Crippen LogP contribution in [-0.2, 0) is 0 Å². The summed E-state index contributed by atoms with van der Waals surface area (Å²) >= 11 is 6.08. The molecule has 6 heteroatoms. The molecule has 0 spiro atoms. The van der Waals surface area contributed by atoms with E-state index in [-0.39, 0.29) is 24.6 Å². The maximum absolute atomic E-state index is 12.2. The first-order valence-electron chi connectivity index (χ1n) is 7.66. The number of amides is 2. The van der Waals surface area contributed by atoms with Gasteiger partial charge in [0.2, 0.25) is 0 Å². The quantitative estimate of drug-likeness (QED) is 0.742. The molecule has 1 aliphatic carbocycles. The van der Waals surface area contributed by atoms with Gasteiger partial charge in [0, 0.05) is 24.6 Å². The van der Waals surface area contributed by atoms with Crippen molar-refractivity contribution in [2.45, 2.75) is 38.1 Å². The fourth-order valence-corrected chi connectivity index (χ4v) is 3.01. The lowest BCUT2D eigenvalue weighted by molar-refractivity contribution is 0.182. The number of aliphatic hydroxyl groups is 1. The molecule has 22 heavy (non-hydrogen) atoms. The van der Waals surface area contributed by atoms with E-state index in [1.54, 1.807) is 25.3 Å². The standard InChI is InChI=1S/C16H23ClN2O3/c1-22-12-7-8-13(17)15(9-12)19-16(21)18-14-6-4-2-3-5-11(14)10-20/h7-9,11,14,20H,2-6,10H2,1H3,(H2,18,19,21). The molecular formula is C16H23ClN2O3. The van der Waals surface area contributed by atoms with Crippen molar-refractivity contribution in [1.82, 2.24) is 5.32 Å². The minimum atomic E-state index is -0.305. The Kier molecular flexibility index (Phi) is 6.34. The lowest BCUT2D eigenvalue weighted by Gasteiger charge is -2.24. The topological polar surface area (TPSA) is 70.6 Å². The maximum Gasteiger partial charge on any atom is 0.319 e. The molecule has 0 radical (unpaired) electrons. The van der Waals surface area contributed by atoms with Crippen molar-refractivity contribution in [2.75, 3.05) is 19.0 Å². The van der Waals surface area contributed by atoms with E-state index >= 15 is 0 Å².